The molecule has 0 bridgehead atoms. The number of carboxylic acids is 1. The minimum Gasteiger partial charge on any atom is -0.480 e. The molecule has 3 unspecified atom stereocenters. The molecule has 0 radical (unpaired) electrons. The van der Waals surface area contributed by atoms with Gasteiger partial charge in [0.25, 0.3) is 0 Å². The van der Waals surface area contributed by atoms with E-state index in [1.807, 2.05) is 5.32 Å². The second-order valence-electron chi connectivity index (χ2n) is 5.98. The molecule has 0 aliphatic carbocycles. The maximum absolute atomic E-state index is 12.4. The van der Waals surface area contributed by atoms with Gasteiger partial charge < -0.3 is 42.6 Å². The van der Waals surface area contributed by atoms with Crippen LogP contribution in [0.3, 0.4) is 0 Å². The largest absolute Gasteiger partial charge is 0.480 e. The molecule has 3 atom stereocenters. The summed E-state index contributed by atoms with van der Waals surface area (Å²) in [5, 5.41) is 24.5. The number of nitrogens with zero attached hydrogens (tertiary/aromatic N) is 1. The zero-order valence-electron chi connectivity index (χ0n) is 15.3. The minimum absolute atomic E-state index is 0.0171. The molecule has 160 valence electrons. The van der Waals surface area contributed by atoms with E-state index < -0.39 is 67.3 Å². The van der Waals surface area contributed by atoms with E-state index in [1.165, 1.54) is 12.5 Å². The number of aromatic nitrogens is 2. The quantitative estimate of drug-likeness (QED) is 0.164. The van der Waals surface area contributed by atoms with Gasteiger partial charge in [-0.15, -0.1) is 0 Å². The van der Waals surface area contributed by atoms with Gasteiger partial charge in [0.05, 0.1) is 25.9 Å². The number of nitrogens with two attached hydrogens (primary N) is 2. The lowest BCUT2D eigenvalue weighted by atomic mass is 10.1. The Kier molecular flexibility index (Phi) is 9.21. The number of aliphatic hydroxyl groups excluding tert-OH is 1. The monoisotopic (exact) mass is 413 g/mol. The van der Waals surface area contributed by atoms with E-state index in [2.05, 4.69) is 20.6 Å². The molecular formula is C15H23N7O7. The standard InChI is InChI=1S/C15H23N7O7/c16-8(5-23)13(26)22-9(1-7-3-18-6-20-7)14(27)19-4-12(25)21-10(15(28)29)2-11(17)24/h3,6,8-10,23H,1-2,4-5,16H2,(H2,17,24)(H,18,20)(H,19,27)(H,21,25)(H,22,26)(H,28,29). The molecule has 1 aromatic rings. The van der Waals surface area contributed by atoms with E-state index in [-0.39, 0.29) is 6.42 Å². The van der Waals surface area contributed by atoms with Crippen LogP contribution in [0.4, 0.5) is 0 Å². The van der Waals surface area contributed by atoms with Crippen LogP contribution in [-0.4, -0.2) is 81.1 Å². The van der Waals surface area contributed by atoms with Crippen molar-refractivity contribution >= 4 is 29.6 Å². The molecule has 4 amide bonds. The number of primary amides is 1. The summed E-state index contributed by atoms with van der Waals surface area (Å²) in [4.78, 5) is 64.5. The number of nitrogens with one attached hydrogen (secondary N) is 4. The van der Waals surface area contributed by atoms with Gasteiger partial charge in [-0.1, -0.05) is 0 Å². The predicted octanol–water partition coefficient (Wildman–Crippen LogP) is -4.68. The fraction of sp³-hybridized carbons (Fsp3) is 0.467. The van der Waals surface area contributed by atoms with Crippen molar-refractivity contribution in [1.29, 1.82) is 0 Å². The Balaban J connectivity index is 2.70. The molecule has 1 rings (SSSR count). The van der Waals surface area contributed by atoms with Gasteiger partial charge in [0, 0.05) is 18.3 Å². The maximum Gasteiger partial charge on any atom is 0.326 e. The maximum atomic E-state index is 12.4. The van der Waals surface area contributed by atoms with Gasteiger partial charge in [-0.05, 0) is 0 Å². The second kappa shape index (κ2) is 11.4. The highest BCUT2D eigenvalue weighted by atomic mass is 16.4. The molecule has 0 spiro atoms. The zero-order chi connectivity index (χ0) is 22.0. The molecular weight excluding hydrogens is 390 g/mol. The Labute approximate surface area is 164 Å². The molecule has 0 aliphatic rings. The summed E-state index contributed by atoms with van der Waals surface area (Å²) in [6.07, 6.45) is 2.15. The van der Waals surface area contributed by atoms with Crippen molar-refractivity contribution in [3.8, 4) is 0 Å². The number of aliphatic carboxylic acids is 1. The fourth-order valence-electron chi connectivity index (χ4n) is 2.12. The van der Waals surface area contributed by atoms with Crippen LogP contribution in [0.2, 0.25) is 0 Å². The first kappa shape index (κ1) is 23.5. The van der Waals surface area contributed by atoms with Crippen LogP contribution in [0.1, 0.15) is 12.1 Å². The van der Waals surface area contributed by atoms with Crippen molar-refractivity contribution in [3.63, 3.8) is 0 Å². The molecule has 0 fully saturated rings. The van der Waals surface area contributed by atoms with Crippen molar-refractivity contribution in [3.05, 3.63) is 18.2 Å². The highest BCUT2D eigenvalue weighted by Crippen LogP contribution is 2.00. The first-order valence-corrected chi connectivity index (χ1v) is 8.36. The summed E-state index contributed by atoms with van der Waals surface area (Å²) >= 11 is 0. The van der Waals surface area contributed by atoms with E-state index in [9.17, 15) is 24.0 Å². The van der Waals surface area contributed by atoms with Gasteiger partial charge in [0.1, 0.15) is 18.1 Å². The smallest absolute Gasteiger partial charge is 0.326 e. The van der Waals surface area contributed by atoms with Crippen LogP contribution in [0.5, 0.6) is 0 Å². The number of H-pyrrole nitrogens is 1. The van der Waals surface area contributed by atoms with Crippen molar-refractivity contribution in [2.45, 2.75) is 31.0 Å². The Bertz CT molecular complexity index is 737. The van der Waals surface area contributed by atoms with E-state index in [0.29, 0.717) is 5.69 Å². The van der Waals surface area contributed by atoms with Gasteiger partial charge in [-0.25, -0.2) is 9.78 Å². The fourth-order valence-corrected chi connectivity index (χ4v) is 2.12. The Morgan fingerprint density at radius 3 is 2.34 bits per heavy atom. The predicted molar refractivity (Wildman–Crippen MR) is 95.7 cm³/mol. The van der Waals surface area contributed by atoms with Gasteiger partial charge in [0.2, 0.25) is 23.6 Å². The Morgan fingerprint density at radius 1 is 1.14 bits per heavy atom. The van der Waals surface area contributed by atoms with Gasteiger partial charge >= 0.3 is 5.97 Å². The minimum atomic E-state index is -1.54. The third-order valence-corrected chi connectivity index (χ3v) is 3.61. The third-order valence-electron chi connectivity index (χ3n) is 3.61. The van der Waals surface area contributed by atoms with Crippen LogP contribution in [-0.2, 0) is 30.4 Å². The zero-order valence-corrected chi connectivity index (χ0v) is 15.3. The summed E-state index contributed by atoms with van der Waals surface area (Å²) in [7, 11) is 0. The number of amides is 4. The van der Waals surface area contributed by atoms with Crippen LogP contribution in [0.15, 0.2) is 12.5 Å². The summed E-state index contributed by atoms with van der Waals surface area (Å²) in [6, 6.07) is -3.95. The summed E-state index contributed by atoms with van der Waals surface area (Å²) in [5.41, 5.74) is 10.8. The van der Waals surface area contributed by atoms with Crippen molar-refractivity contribution < 1.29 is 34.2 Å². The number of aromatic amines is 1. The lowest BCUT2D eigenvalue weighted by molar-refractivity contribution is -0.143. The molecule has 1 aromatic heterocycles. The van der Waals surface area contributed by atoms with Crippen LogP contribution in [0, 0.1) is 0 Å². The van der Waals surface area contributed by atoms with Crippen molar-refractivity contribution in [2.24, 2.45) is 11.5 Å². The van der Waals surface area contributed by atoms with Crippen molar-refractivity contribution in [2.75, 3.05) is 13.2 Å². The highest BCUT2D eigenvalue weighted by Gasteiger charge is 2.26. The molecule has 0 aromatic carbocycles. The number of imidazole rings is 1. The topological polar surface area (TPSA) is 243 Å². The molecule has 0 saturated heterocycles. The average Bonchev–Trinajstić information content (AvgIpc) is 3.16. The number of carboxylic acid groups (broad SMARTS) is 1. The number of aliphatic hydroxyl groups is 1. The van der Waals surface area contributed by atoms with E-state index in [1.54, 1.807) is 0 Å². The first-order valence-electron chi connectivity index (χ1n) is 8.36. The molecule has 0 saturated carbocycles. The summed E-state index contributed by atoms with van der Waals surface area (Å²) in [6.45, 7) is -1.26. The third kappa shape index (κ3) is 8.35. The SMILES string of the molecule is NC(=O)CC(NC(=O)CNC(=O)C(Cc1cnc[nH]1)NC(=O)C(N)CO)C(=O)O. The van der Waals surface area contributed by atoms with Crippen LogP contribution < -0.4 is 27.4 Å². The lowest BCUT2D eigenvalue weighted by Crippen LogP contribution is -2.55. The number of rotatable bonds is 12. The van der Waals surface area contributed by atoms with E-state index in [4.69, 9.17) is 21.7 Å². The van der Waals surface area contributed by atoms with Crippen LogP contribution >= 0.6 is 0 Å². The normalized spacial score (nSPS) is 13.6. The Morgan fingerprint density at radius 2 is 1.83 bits per heavy atom. The molecule has 1 heterocycles. The van der Waals surface area contributed by atoms with Gasteiger partial charge in [-0.3, -0.25) is 19.2 Å². The van der Waals surface area contributed by atoms with E-state index in [0.717, 1.165) is 0 Å². The molecule has 10 N–H and O–H groups in total. The Hall–Kier alpha value is -3.52. The van der Waals surface area contributed by atoms with Gasteiger partial charge in [0.15, 0.2) is 0 Å². The van der Waals surface area contributed by atoms with Crippen LogP contribution in [0.25, 0.3) is 0 Å². The van der Waals surface area contributed by atoms with Crippen molar-refractivity contribution in [1.82, 2.24) is 25.9 Å². The molecule has 0 aliphatic heterocycles. The van der Waals surface area contributed by atoms with E-state index >= 15 is 0 Å². The summed E-state index contributed by atoms with van der Waals surface area (Å²) < 4.78 is 0. The lowest BCUT2D eigenvalue weighted by Gasteiger charge is -2.20. The molecule has 14 heteroatoms. The molecule has 29 heavy (non-hydrogen) atoms. The number of carbonyl (C=O) groups excluding carboxylic acids is 4. The molecule has 14 nitrogen and oxygen atoms in total. The second-order valence-corrected chi connectivity index (χ2v) is 5.98. The first-order chi connectivity index (χ1) is 13.6. The highest BCUT2D eigenvalue weighted by molar-refractivity contribution is 5.93. The summed E-state index contributed by atoms with van der Waals surface area (Å²) in [5.74, 6) is -4.83. The van der Waals surface area contributed by atoms with Gasteiger partial charge in [-0.2, -0.15) is 0 Å². The number of hydrogen-bond acceptors (Lipinski definition) is 8. The number of hydrogen-bond donors (Lipinski definition) is 8. The average molecular weight is 413 g/mol. The number of carbonyl (C=O) groups is 5.